The second kappa shape index (κ2) is 2.60. The van der Waals surface area contributed by atoms with Crippen LogP contribution in [-0.4, -0.2) is 11.1 Å². The van der Waals surface area contributed by atoms with Crippen LogP contribution in [-0.2, 0) is 17.8 Å². The Kier molecular flexibility index (Phi) is 1.50. The van der Waals surface area contributed by atoms with E-state index in [4.69, 9.17) is 9.52 Å². The zero-order valence-corrected chi connectivity index (χ0v) is 7.62. The van der Waals surface area contributed by atoms with E-state index in [1.54, 1.807) is 6.26 Å². The predicted molar refractivity (Wildman–Crippen MR) is 47.7 cm³/mol. The molecular formula is C10H11NO3. The number of hydrogen-bond donors (Lipinski definition) is 2. The van der Waals surface area contributed by atoms with E-state index in [1.165, 1.54) is 11.1 Å². The van der Waals surface area contributed by atoms with Crippen LogP contribution in [0.1, 0.15) is 29.3 Å². The molecule has 74 valence electrons. The number of hydrogen-bond acceptors (Lipinski definition) is 3. The minimum atomic E-state index is -0.720. The average molecular weight is 193 g/mol. The number of nitrogens with one attached hydrogen (secondary N) is 1. The number of carboxylic acid groups (broad SMARTS) is 1. The molecule has 0 saturated heterocycles. The van der Waals surface area contributed by atoms with Gasteiger partial charge in [-0.15, -0.1) is 0 Å². The van der Waals surface area contributed by atoms with Gasteiger partial charge >= 0.3 is 5.97 Å². The van der Waals surface area contributed by atoms with E-state index in [2.05, 4.69) is 5.32 Å². The van der Waals surface area contributed by atoms with Crippen LogP contribution in [0.4, 0.5) is 0 Å². The van der Waals surface area contributed by atoms with Crippen LogP contribution < -0.4 is 5.32 Å². The molecule has 1 aliphatic carbocycles. The van der Waals surface area contributed by atoms with Crippen LogP contribution in [0.25, 0.3) is 0 Å². The Balaban J connectivity index is 2.01. The van der Waals surface area contributed by atoms with Crippen molar-refractivity contribution in [1.29, 1.82) is 0 Å². The van der Waals surface area contributed by atoms with E-state index in [9.17, 15) is 4.79 Å². The van der Waals surface area contributed by atoms with Gasteiger partial charge in [-0.25, -0.2) is 0 Å². The van der Waals surface area contributed by atoms with Gasteiger partial charge in [0, 0.05) is 30.1 Å². The van der Waals surface area contributed by atoms with E-state index in [-0.39, 0.29) is 12.0 Å². The van der Waals surface area contributed by atoms with Crippen LogP contribution in [0.15, 0.2) is 10.7 Å². The number of aliphatic carboxylic acids is 1. The lowest BCUT2D eigenvalue weighted by molar-refractivity contribution is -0.142. The Morgan fingerprint density at radius 2 is 2.50 bits per heavy atom. The van der Waals surface area contributed by atoms with Crippen LogP contribution in [0, 0.1) is 5.92 Å². The van der Waals surface area contributed by atoms with Crippen molar-refractivity contribution in [1.82, 2.24) is 5.32 Å². The molecule has 1 aliphatic heterocycles. The summed E-state index contributed by atoms with van der Waals surface area (Å²) in [4.78, 5) is 10.9. The van der Waals surface area contributed by atoms with Crippen LogP contribution >= 0.6 is 0 Å². The fraction of sp³-hybridized carbons (Fsp3) is 0.500. The van der Waals surface area contributed by atoms with Gasteiger partial charge in [-0.1, -0.05) is 0 Å². The molecule has 0 aromatic carbocycles. The number of carbonyl (C=O) groups is 1. The van der Waals surface area contributed by atoms with Gasteiger partial charge in [-0.2, -0.15) is 0 Å². The fourth-order valence-electron chi connectivity index (χ4n) is 2.48. The van der Waals surface area contributed by atoms with E-state index < -0.39 is 5.97 Å². The second-order valence-corrected chi connectivity index (χ2v) is 4.01. The Morgan fingerprint density at radius 1 is 1.64 bits per heavy atom. The Morgan fingerprint density at radius 3 is 3.29 bits per heavy atom. The van der Waals surface area contributed by atoms with Crippen LogP contribution in [0.5, 0.6) is 0 Å². The van der Waals surface area contributed by atoms with Crippen molar-refractivity contribution < 1.29 is 14.3 Å². The molecule has 14 heavy (non-hydrogen) atoms. The highest BCUT2D eigenvalue weighted by molar-refractivity contribution is 5.71. The molecule has 2 N–H and O–H groups in total. The molecule has 2 atom stereocenters. The van der Waals surface area contributed by atoms with E-state index in [0.717, 1.165) is 12.3 Å². The number of furan rings is 1. The molecule has 2 heterocycles. The van der Waals surface area contributed by atoms with E-state index in [0.29, 0.717) is 12.8 Å². The molecule has 3 rings (SSSR count). The van der Waals surface area contributed by atoms with Crippen LogP contribution in [0.3, 0.4) is 0 Å². The van der Waals surface area contributed by atoms with Crippen molar-refractivity contribution in [3.63, 3.8) is 0 Å². The first-order valence-electron chi connectivity index (χ1n) is 4.81. The van der Waals surface area contributed by atoms with Gasteiger partial charge in [0.1, 0.15) is 5.76 Å². The summed E-state index contributed by atoms with van der Waals surface area (Å²) in [5.41, 5.74) is 2.43. The normalized spacial score (nSPS) is 28.9. The zero-order chi connectivity index (χ0) is 9.71. The first kappa shape index (κ1) is 8.05. The van der Waals surface area contributed by atoms with E-state index in [1.807, 2.05) is 0 Å². The topological polar surface area (TPSA) is 62.5 Å². The maximum atomic E-state index is 10.9. The standard InChI is InChI=1S/C10H11NO3/c12-10(13)5-1-7-9-6(3-11-7)4-14-8(9)2-5/h4-5,7,11H,1-3H2,(H,12,13). The lowest BCUT2D eigenvalue weighted by Crippen LogP contribution is -2.27. The Bertz CT molecular complexity index is 396. The van der Waals surface area contributed by atoms with Gasteiger partial charge in [0.2, 0.25) is 0 Å². The second-order valence-electron chi connectivity index (χ2n) is 4.01. The highest BCUT2D eigenvalue weighted by Crippen LogP contribution is 2.40. The third-order valence-electron chi connectivity index (χ3n) is 3.18. The van der Waals surface area contributed by atoms with Gasteiger partial charge in [0.05, 0.1) is 12.2 Å². The fourth-order valence-corrected chi connectivity index (χ4v) is 2.48. The zero-order valence-electron chi connectivity index (χ0n) is 7.62. The molecule has 2 unspecified atom stereocenters. The number of rotatable bonds is 1. The summed E-state index contributed by atoms with van der Waals surface area (Å²) in [6.45, 7) is 0.815. The lowest BCUT2D eigenvalue weighted by Gasteiger charge is -2.23. The third-order valence-corrected chi connectivity index (χ3v) is 3.18. The van der Waals surface area contributed by atoms with Crippen molar-refractivity contribution in [3.05, 3.63) is 23.2 Å². The predicted octanol–water partition coefficient (Wildman–Crippen LogP) is 1.07. The summed E-state index contributed by atoms with van der Waals surface area (Å²) in [6.07, 6.45) is 2.99. The summed E-state index contributed by atoms with van der Waals surface area (Å²) >= 11 is 0. The molecule has 1 aromatic rings. The van der Waals surface area contributed by atoms with Gasteiger partial charge in [0.15, 0.2) is 0 Å². The Hall–Kier alpha value is -1.29. The van der Waals surface area contributed by atoms with Crippen molar-refractivity contribution >= 4 is 5.97 Å². The maximum Gasteiger partial charge on any atom is 0.307 e. The molecule has 4 heteroatoms. The molecule has 2 aliphatic rings. The van der Waals surface area contributed by atoms with Crippen molar-refractivity contribution in [2.75, 3.05) is 0 Å². The van der Waals surface area contributed by atoms with Gasteiger partial charge in [-0.3, -0.25) is 4.79 Å². The monoisotopic (exact) mass is 193 g/mol. The van der Waals surface area contributed by atoms with E-state index >= 15 is 0 Å². The average Bonchev–Trinajstić information content (AvgIpc) is 2.74. The summed E-state index contributed by atoms with van der Waals surface area (Å²) in [5.74, 6) is -0.145. The largest absolute Gasteiger partial charge is 0.481 e. The highest BCUT2D eigenvalue weighted by atomic mass is 16.4. The molecular weight excluding hydrogens is 182 g/mol. The first-order chi connectivity index (χ1) is 6.75. The number of carboxylic acids is 1. The van der Waals surface area contributed by atoms with Crippen LogP contribution in [0.2, 0.25) is 0 Å². The van der Waals surface area contributed by atoms with Gasteiger partial charge in [0.25, 0.3) is 0 Å². The minimum Gasteiger partial charge on any atom is -0.481 e. The quantitative estimate of drug-likeness (QED) is 0.700. The minimum absolute atomic E-state index is 0.202. The van der Waals surface area contributed by atoms with Crippen molar-refractivity contribution in [2.45, 2.75) is 25.4 Å². The highest BCUT2D eigenvalue weighted by Gasteiger charge is 2.37. The Labute approximate surface area is 80.9 Å². The molecule has 0 amide bonds. The van der Waals surface area contributed by atoms with Gasteiger partial charge < -0.3 is 14.8 Å². The van der Waals surface area contributed by atoms with Crippen molar-refractivity contribution in [3.8, 4) is 0 Å². The SMILES string of the molecule is O=C(O)C1Cc2occ3c2C(C1)NC3. The smallest absolute Gasteiger partial charge is 0.307 e. The molecule has 4 nitrogen and oxygen atoms in total. The molecule has 0 saturated carbocycles. The third kappa shape index (κ3) is 0.944. The summed E-state index contributed by atoms with van der Waals surface area (Å²) in [6, 6.07) is 0.202. The first-order valence-corrected chi connectivity index (χ1v) is 4.81. The summed E-state index contributed by atoms with van der Waals surface area (Å²) < 4.78 is 5.39. The van der Waals surface area contributed by atoms with Crippen molar-refractivity contribution in [2.24, 2.45) is 5.92 Å². The summed E-state index contributed by atoms with van der Waals surface area (Å²) in [5, 5.41) is 12.3. The molecule has 0 fully saturated rings. The molecule has 1 aromatic heterocycles. The lowest BCUT2D eigenvalue weighted by atomic mass is 9.85. The van der Waals surface area contributed by atoms with Gasteiger partial charge in [-0.05, 0) is 6.42 Å². The summed E-state index contributed by atoms with van der Waals surface area (Å²) in [7, 11) is 0. The molecule has 0 bridgehead atoms. The maximum absolute atomic E-state index is 10.9. The molecule has 0 spiro atoms. The molecule has 0 radical (unpaired) electrons.